The highest BCUT2D eigenvalue weighted by molar-refractivity contribution is 5.74. The molecule has 1 N–H and O–H groups in total. The fourth-order valence-electron chi connectivity index (χ4n) is 2.43. The molecule has 0 spiro atoms. The van der Waals surface area contributed by atoms with Crippen LogP contribution in [-0.2, 0) is 24.3 Å². The Bertz CT molecular complexity index is 583. The normalized spacial score (nSPS) is 19.1. The number of carboxylic acids is 1. The Morgan fingerprint density at radius 2 is 2.21 bits per heavy atom. The third-order valence-electron chi connectivity index (χ3n) is 3.38. The molecular formula is C13H13N3O3. The number of carbonyl (C=O) groups is 1. The number of hydrogen-bond acceptors (Lipinski definition) is 5. The Morgan fingerprint density at radius 3 is 2.89 bits per heavy atom. The van der Waals surface area contributed by atoms with Crippen LogP contribution in [0.5, 0.6) is 0 Å². The first kappa shape index (κ1) is 11.9. The van der Waals surface area contributed by atoms with Gasteiger partial charge in [0.05, 0.1) is 6.54 Å². The van der Waals surface area contributed by atoms with E-state index in [0.717, 1.165) is 11.1 Å². The topological polar surface area (TPSA) is 79.5 Å². The molecule has 0 saturated carbocycles. The van der Waals surface area contributed by atoms with E-state index in [1.807, 2.05) is 29.2 Å². The molecule has 98 valence electrons. The molecule has 1 atom stereocenters. The van der Waals surface area contributed by atoms with Crippen LogP contribution >= 0.6 is 0 Å². The Balaban J connectivity index is 1.87. The van der Waals surface area contributed by atoms with E-state index in [2.05, 4.69) is 14.7 Å². The maximum Gasteiger partial charge on any atom is 0.321 e. The van der Waals surface area contributed by atoms with E-state index < -0.39 is 12.0 Å². The van der Waals surface area contributed by atoms with E-state index in [9.17, 15) is 9.90 Å². The Hall–Kier alpha value is -2.21. The van der Waals surface area contributed by atoms with Gasteiger partial charge in [-0.25, -0.2) is 0 Å². The Kier molecular flexibility index (Phi) is 3.00. The Morgan fingerprint density at radius 1 is 1.42 bits per heavy atom. The van der Waals surface area contributed by atoms with Crippen molar-refractivity contribution in [2.45, 2.75) is 25.6 Å². The Labute approximate surface area is 109 Å². The zero-order valence-corrected chi connectivity index (χ0v) is 10.2. The van der Waals surface area contributed by atoms with Gasteiger partial charge in [0.2, 0.25) is 6.39 Å². The van der Waals surface area contributed by atoms with Gasteiger partial charge in [-0.3, -0.25) is 9.69 Å². The molecule has 0 aliphatic carbocycles. The van der Waals surface area contributed by atoms with Crippen molar-refractivity contribution in [3.63, 3.8) is 0 Å². The second-order valence-corrected chi connectivity index (χ2v) is 4.58. The number of nitrogens with zero attached hydrogens (tertiary/aromatic N) is 3. The van der Waals surface area contributed by atoms with Gasteiger partial charge in [0, 0.05) is 6.54 Å². The second-order valence-electron chi connectivity index (χ2n) is 4.58. The van der Waals surface area contributed by atoms with Crippen LogP contribution in [0.4, 0.5) is 0 Å². The van der Waals surface area contributed by atoms with E-state index in [-0.39, 0.29) is 0 Å². The predicted molar refractivity (Wildman–Crippen MR) is 65.1 cm³/mol. The van der Waals surface area contributed by atoms with Crippen LogP contribution in [0.15, 0.2) is 35.2 Å². The molecule has 19 heavy (non-hydrogen) atoms. The summed E-state index contributed by atoms with van der Waals surface area (Å²) in [5.41, 5.74) is 2.25. The van der Waals surface area contributed by atoms with Crippen LogP contribution in [0.1, 0.15) is 17.0 Å². The van der Waals surface area contributed by atoms with Gasteiger partial charge < -0.3 is 9.63 Å². The van der Waals surface area contributed by atoms with Gasteiger partial charge in [0.15, 0.2) is 5.82 Å². The number of aliphatic carboxylic acids is 1. The largest absolute Gasteiger partial charge is 0.480 e. The minimum Gasteiger partial charge on any atom is -0.480 e. The van der Waals surface area contributed by atoms with Gasteiger partial charge in [-0.15, -0.1) is 0 Å². The van der Waals surface area contributed by atoms with Gasteiger partial charge >= 0.3 is 5.97 Å². The summed E-state index contributed by atoms with van der Waals surface area (Å²) in [7, 11) is 0. The molecule has 1 aromatic carbocycles. The number of hydrogen-bond donors (Lipinski definition) is 1. The quantitative estimate of drug-likeness (QED) is 0.888. The number of fused-ring (bicyclic) bond motifs is 1. The summed E-state index contributed by atoms with van der Waals surface area (Å²) in [4.78, 5) is 17.2. The van der Waals surface area contributed by atoms with E-state index in [1.165, 1.54) is 6.39 Å². The number of rotatable bonds is 3. The minimum atomic E-state index is -0.821. The van der Waals surface area contributed by atoms with Crippen molar-refractivity contribution in [3.05, 3.63) is 47.6 Å². The lowest BCUT2D eigenvalue weighted by molar-refractivity contribution is -0.144. The summed E-state index contributed by atoms with van der Waals surface area (Å²) >= 11 is 0. The first-order chi connectivity index (χ1) is 9.24. The lowest BCUT2D eigenvalue weighted by Crippen LogP contribution is -2.45. The minimum absolute atomic E-state index is 0.377. The third kappa shape index (κ3) is 2.34. The summed E-state index contributed by atoms with van der Waals surface area (Å²) in [5, 5.41) is 13.1. The molecule has 0 radical (unpaired) electrons. The number of carboxylic acid groups (broad SMARTS) is 1. The molecule has 1 aliphatic rings. The van der Waals surface area contributed by atoms with Crippen LogP contribution in [0.25, 0.3) is 0 Å². The summed E-state index contributed by atoms with van der Waals surface area (Å²) < 4.78 is 4.69. The summed E-state index contributed by atoms with van der Waals surface area (Å²) in [6.07, 6.45) is 1.76. The van der Waals surface area contributed by atoms with Crippen LogP contribution in [-0.4, -0.2) is 32.2 Å². The highest BCUT2D eigenvalue weighted by Crippen LogP contribution is 2.24. The summed E-state index contributed by atoms with van der Waals surface area (Å²) in [5.74, 6) is -0.316. The maximum atomic E-state index is 11.4. The molecule has 2 heterocycles. The molecule has 3 rings (SSSR count). The van der Waals surface area contributed by atoms with Gasteiger partial charge in [0.25, 0.3) is 0 Å². The van der Waals surface area contributed by atoms with Gasteiger partial charge in [-0.2, -0.15) is 4.98 Å². The van der Waals surface area contributed by atoms with Crippen molar-refractivity contribution >= 4 is 5.97 Å². The second kappa shape index (κ2) is 4.81. The highest BCUT2D eigenvalue weighted by atomic mass is 16.5. The average Bonchev–Trinajstić information content (AvgIpc) is 2.90. The first-order valence-electron chi connectivity index (χ1n) is 6.03. The van der Waals surface area contributed by atoms with Gasteiger partial charge in [-0.05, 0) is 17.5 Å². The predicted octanol–water partition coefficient (Wildman–Crippen LogP) is 1.08. The van der Waals surface area contributed by atoms with E-state index in [4.69, 9.17) is 0 Å². The molecular weight excluding hydrogens is 246 g/mol. The zero-order valence-electron chi connectivity index (χ0n) is 10.2. The van der Waals surface area contributed by atoms with Crippen molar-refractivity contribution in [2.75, 3.05) is 0 Å². The van der Waals surface area contributed by atoms with Crippen molar-refractivity contribution < 1.29 is 14.4 Å². The molecule has 6 heteroatoms. The zero-order chi connectivity index (χ0) is 13.2. The van der Waals surface area contributed by atoms with Crippen molar-refractivity contribution in [3.8, 4) is 0 Å². The number of benzene rings is 1. The van der Waals surface area contributed by atoms with Crippen LogP contribution < -0.4 is 0 Å². The van der Waals surface area contributed by atoms with Crippen LogP contribution in [0.3, 0.4) is 0 Å². The smallest absolute Gasteiger partial charge is 0.321 e. The van der Waals surface area contributed by atoms with E-state index in [1.54, 1.807) is 0 Å². The fourth-order valence-corrected chi connectivity index (χ4v) is 2.43. The van der Waals surface area contributed by atoms with Gasteiger partial charge in [-0.1, -0.05) is 29.4 Å². The SMILES string of the molecule is O=C(O)[C@@H]1Cc2ccccc2CN1Cc1ncon1. The van der Waals surface area contributed by atoms with E-state index in [0.29, 0.717) is 25.3 Å². The van der Waals surface area contributed by atoms with Crippen LogP contribution in [0.2, 0.25) is 0 Å². The molecule has 0 unspecified atom stereocenters. The number of aromatic nitrogens is 2. The summed E-state index contributed by atoms with van der Waals surface area (Å²) in [6, 6.07) is 7.36. The molecule has 0 amide bonds. The molecule has 6 nitrogen and oxygen atoms in total. The van der Waals surface area contributed by atoms with Gasteiger partial charge in [0.1, 0.15) is 6.04 Å². The standard InChI is InChI=1S/C13H13N3O3/c17-13(18)11-5-9-3-1-2-4-10(9)6-16(11)7-12-14-8-19-15-12/h1-4,8,11H,5-7H2,(H,17,18)/t11-/m0/s1. The molecule has 1 aromatic heterocycles. The van der Waals surface area contributed by atoms with Crippen molar-refractivity contribution in [2.24, 2.45) is 0 Å². The highest BCUT2D eigenvalue weighted by Gasteiger charge is 2.31. The average molecular weight is 259 g/mol. The van der Waals surface area contributed by atoms with Crippen molar-refractivity contribution in [1.29, 1.82) is 0 Å². The maximum absolute atomic E-state index is 11.4. The molecule has 0 saturated heterocycles. The third-order valence-corrected chi connectivity index (χ3v) is 3.38. The molecule has 0 bridgehead atoms. The molecule has 0 fully saturated rings. The molecule has 2 aromatic rings. The van der Waals surface area contributed by atoms with E-state index >= 15 is 0 Å². The molecule has 1 aliphatic heterocycles. The fraction of sp³-hybridized carbons (Fsp3) is 0.308. The lowest BCUT2D eigenvalue weighted by atomic mass is 9.94. The van der Waals surface area contributed by atoms with Crippen molar-refractivity contribution in [1.82, 2.24) is 15.0 Å². The first-order valence-corrected chi connectivity index (χ1v) is 6.03. The summed E-state index contributed by atoms with van der Waals surface area (Å²) in [6.45, 7) is 0.962. The lowest BCUT2D eigenvalue weighted by Gasteiger charge is -2.33. The van der Waals surface area contributed by atoms with Crippen LogP contribution in [0, 0.1) is 0 Å². The monoisotopic (exact) mass is 259 g/mol.